The number of nitrogens with one attached hydrogen (secondary N) is 1. The van der Waals surface area contributed by atoms with E-state index in [9.17, 15) is 8.78 Å². The van der Waals surface area contributed by atoms with E-state index < -0.39 is 11.6 Å². The molecule has 0 amide bonds. The molecule has 0 spiro atoms. The number of nitrogens with zero attached hydrogens (tertiary/aromatic N) is 1. The van der Waals surface area contributed by atoms with Crippen molar-refractivity contribution in [3.8, 4) is 0 Å². The lowest BCUT2D eigenvalue weighted by Crippen LogP contribution is -2.64. The fraction of sp³-hybridized carbons (Fsp3) is 0.647. The Hall–Kier alpha value is -1.16. The molecule has 2 rings (SSSR count). The third-order valence-corrected chi connectivity index (χ3v) is 5.00. The molecule has 1 aliphatic rings. The van der Waals surface area contributed by atoms with Crippen LogP contribution in [0.3, 0.4) is 0 Å². The first-order chi connectivity index (χ1) is 9.98. The standard InChI is InChI=1S/C17H26F2N2/c1-5-13-10-20-17(6-2,7-3)11-21(13)16-14(18)9-8-12(4)15(16)19/h8-9,13,20H,5-7,10-11H2,1-4H3. The molecule has 1 saturated heterocycles. The fourth-order valence-electron chi connectivity index (χ4n) is 3.21. The van der Waals surface area contributed by atoms with Crippen LogP contribution in [0, 0.1) is 18.6 Å². The monoisotopic (exact) mass is 296 g/mol. The predicted molar refractivity (Wildman–Crippen MR) is 83.8 cm³/mol. The van der Waals surface area contributed by atoms with Crippen LogP contribution >= 0.6 is 0 Å². The Morgan fingerprint density at radius 2 is 1.90 bits per heavy atom. The van der Waals surface area contributed by atoms with Crippen LogP contribution in [0.4, 0.5) is 14.5 Å². The normalized spacial score (nSPS) is 21.6. The molecule has 0 saturated carbocycles. The Bertz CT molecular complexity index is 498. The zero-order chi connectivity index (χ0) is 15.6. The van der Waals surface area contributed by atoms with E-state index in [2.05, 4.69) is 26.1 Å². The summed E-state index contributed by atoms with van der Waals surface area (Å²) in [4.78, 5) is 1.95. The van der Waals surface area contributed by atoms with E-state index >= 15 is 0 Å². The second-order valence-electron chi connectivity index (χ2n) is 6.09. The number of rotatable bonds is 4. The Balaban J connectivity index is 2.45. The lowest BCUT2D eigenvalue weighted by atomic mass is 9.87. The Morgan fingerprint density at radius 3 is 2.48 bits per heavy atom. The van der Waals surface area contributed by atoms with Crippen molar-refractivity contribution >= 4 is 5.69 Å². The van der Waals surface area contributed by atoms with Gasteiger partial charge in [-0.15, -0.1) is 0 Å². The summed E-state index contributed by atoms with van der Waals surface area (Å²) in [5, 5.41) is 3.60. The summed E-state index contributed by atoms with van der Waals surface area (Å²) in [6.07, 6.45) is 2.76. The van der Waals surface area contributed by atoms with Crippen LogP contribution < -0.4 is 10.2 Å². The van der Waals surface area contributed by atoms with Gasteiger partial charge in [0.05, 0.1) is 0 Å². The number of hydrogen-bond donors (Lipinski definition) is 1. The molecule has 0 radical (unpaired) electrons. The Morgan fingerprint density at radius 1 is 1.24 bits per heavy atom. The average molecular weight is 296 g/mol. The van der Waals surface area contributed by atoms with Crippen molar-refractivity contribution in [2.45, 2.75) is 58.5 Å². The van der Waals surface area contributed by atoms with Gasteiger partial charge in [-0.2, -0.15) is 0 Å². The number of anilines is 1. The molecule has 0 bridgehead atoms. The molecular weight excluding hydrogens is 270 g/mol. The molecule has 1 N–H and O–H groups in total. The van der Waals surface area contributed by atoms with Crippen molar-refractivity contribution in [3.63, 3.8) is 0 Å². The summed E-state index contributed by atoms with van der Waals surface area (Å²) >= 11 is 0. The minimum atomic E-state index is -0.459. The van der Waals surface area contributed by atoms with E-state index in [1.54, 1.807) is 6.92 Å². The molecule has 0 aromatic heterocycles. The number of hydrogen-bond acceptors (Lipinski definition) is 2. The van der Waals surface area contributed by atoms with Gasteiger partial charge < -0.3 is 10.2 Å². The van der Waals surface area contributed by atoms with E-state index in [4.69, 9.17) is 0 Å². The molecular formula is C17H26F2N2. The van der Waals surface area contributed by atoms with Crippen molar-refractivity contribution in [1.82, 2.24) is 5.32 Å². The van der Waals surface area contributed by atoms with E-state index in [0.717, 1.165) is 25.8 Å². The van der Waals surface area contributed by atoms with E-state index in [-0.39, 0.29) is 17.3 Å². The lowest BCUT2D eigenvalue weighted by Gasteiger charge is -2.48. The smallest absolute Gasteiger partial charge is 0.152 e. The predicted octanol–water partition coefficient (Wildman–Crippen LogP) is 4.02. The Labute approximate surface area is 126 Å². The average Bonchev–Trinajstić information content (AvgIpc) is 2.51. The largest absolute Gasteiger partial charge is 0.361 e. The van der Waals surface area contributed by atoms with Crippen LogP contribution in [0.15, 0.2) is 12.1 Å². The van der Waals surface area contributed by atoms with Gasteiger partial charge >= 0.3 is 0 Å². The summed E-state index contributed by atoms with van der Waals surface area (Å²) in [6.45, 7) is 9.43. The highest BCUT2D eigenvalue weighted by molar-refractivity contribution is 5.53. The summed E-state index contributed by atoms with van der Waals surface area (Å²) in [5.41, 5.74) is 0.585. The van der Waals surface area contributed by atoms with Gasteiger partial charge in [0.25, 0.3) is 0 Å². The molecule has 1 aromatic carbocycles. The SMILES string of the molecule is CCC1CNC(CC)(CC)CN1c1c(F)ccc(C)c1F. The fourth-order valence-corrected chi connectivity index (χ4v) is 3.21. The summed E-state index contributed by atoms with van der Waals surface area (Å²) in [7, 11) is 0. The number of benzene rings is 1. The highest BCUT2D eigenvalue weighted by atomic mass is 19.1. The third kappa shape index (κ3) is 2.91. The molecule has 1 fully saturated rings. The van der Waals surface area contributed by atoms with Gasteiger partial charge in [-0.1, -0.05) is 26.8 Å². The molecule has 118 valence electrons. The molecule has 0 aliphatic carbocycles. The van der Waals surface area contributed by atoms with E-state index in [0.29, 0.717) is 12.1 Å². The van der Waals surface area contributed by atoms with Crippen LogP contribution in [0.5, 0.6) is 0 Å². The third-order valence-electron chi connectivity index (χ3n) is 5.00. The van der Waals surface area contributed by atoms with E-state index in [1.165, 1.54) is 12.1 Å². The van der Waals surface area contributed by atoms with Crippen LogP contribution in [0.1, 0.15) is 45.6 Å². The summed E-state index contributed by atoms with van der Waals surface area (Å²) in [5.74, 6) is -0.879. The minimum absolute atomic E-state index is 0.0612. The second-order valence-corrected chi connectivity index (χ2v) is 6.09. The second kappa shape index (κ2) is 6.30. The lowest BCUT2D eigenvalue weighted by molar-refractivity contribution is 0.243. The number of aryl methyl sites for hydroxylation is 1. The first-order valence-corrected chi connectivity index (χ1v) is 7.94. The molecule has 1 heterocycles. The van der Waals surface area contributed by atoms with Crippen LogP contribution in [0.25, 0.3) is 0 Å². The first-order valence-electron chi connectivity index (χ1n) is 7.94. The summed E-state index contributed by atoms with van der Waals surface area (Å²) in [6, 6.07) is 3.01. The maximum Gasteiger partial charge on any atom is 0.152 e. The van der Waals surface area contributed by atoms with Crippen LogP contribution in [-0.4, -0.2) is 24.7 Å². The maximum atomic E-state index is 14.5. The van der Waals surface area contributed by atoms with Gasteiger partial charge in [0.15, 0.2) is 5.82 Å². The highest BCUT2D eigenvalue weighted by Crippen LogP contribution is 2.33. The van der Waals surface area contributed by atoms with Gasteiger partial charge in [-0.05, 0) is 37.8 Å². The van der Waals surface area contributed by atoms with Crippen molar-refractivity contribution in [1.29, 1.82) is 0 Å². The first kappa shape index (κ1) is 16.2. The molecule has 4 heteroatoms. The summed E-state index contributed by atoms with van der Waals surface area (Å²) < 4.78 is 28.8. The van der Waals surface area contributed by atoms with Gasteiger partial charge in [-0.25, -0.2) is 8.78 Å². The van der Waals surface area contributed by atoms with Crippen LogP contribution in [-0.2, 0) is 0 Å². The van der Waals surface area contributed by atoms with Gasteiger partial charge in [-0.3, -0.25) is 0 Å². The van der Waals surface area contributed by atoms with Crippen molar-refractivity contribution < 1.29 is 8.78 Å². The van der Waals surface area contributed by atoms with Crippen molar-refractivity contribution in [2.75, 3.05) is 18.0 Å². The van der Waals surface area contributed by atoms with Gasteiger partial charge in [0.1, 0.15) is 11.5 Å². The van der Waals surface area contributed by atoms with Crippen molar-refractivity contribution in [3.05, 3.63) is 29.3 Å². The van der Waals surface area contributed by atoms with Gasteiger partial charge in [0, 0.05) is 24.7 Å². The quantitative estimate of drug-likeness (QED) is 0.903. The van der Waals surface area contributed by atoms with Crippen LogP contribution in [0.2, 0.25) is 0 Å². The van der Waals surface area contributed by atoms with Crippen molar-refractivity contribution in [2.24, 2.45) is 0 Å². The van der Waals surface area contributed by atoms with Gasteiger partial charge in [0.2, 0.25) is 0 Å². The molecule has 1 unspecified atom stereocenters. The maximum absolute atomic E-state index is 14.5. The zero-order valence-corrected chi connectivity index (χ0v) is 13.5. The molecule has 1 atom stereocenters. The molecule has 1 aliphatic heterocycles. The molecule has 2 nitrogen and oxygen atoms in total. The highest BCUT2D eigenvalue weighted by Gasteiger charge is 2.38. The minimum Gasteiger partial charge on any atom is -0.361 e. The zero-order valence-electron chi connectivity index (χ0n) is 13.5. The molecule has 1 aromatic rings. The number of piperazine rings is 1. The van der Waals surface area contributed by atoms with E-state index in [1.807, 2.05) is 4.90 Å². The molecule has 21 heavy (non-hydrogen) atoms. The topological polar surface area (TPSA) is 15.3 Å². The number of halogens is 2. The Kier molecular flexibility index (Phi) is 4.87.